The molecule has 1 saturated carbocycles. The average Bonchev–Trinajstić information content (AvgIpc) is 2.66. The normalized spacial score (nSPS) is 24.2. The van der Waals surface area contributed by atoms with E-state index in [4.69, 9.17) is 4.74 Å². The molecule has 1 atom stereocenters. The minimum Gasteiger partial charge on any atom is -0.477 e. The Morgan fingerprint density at radius 1 is 1.19 bits per heavy atom. The number of amides is 2. The minimum atomic E-state index is -0.0542. The van der Waals surface area contributed by atoms with E-state index in [0.29, 0.717) is 43.7 Å². The number of hydrogen-bond donors (Lipinski definition) is 1. The zero-order valence-corrected chi connectivity index (χ0v) is 15.7. The molecular formula is C20H28N4O3. The Morgan fingerprint density at radius 3 is 2.67 bits per heavy atom. The summed E-state index contributed by atoms with van der Waals surface area (Å²) in [6.45, 7) is 2.67. The van der Waals surface area contributed by atoms with Gasteiger partial charge in [-0.2, -0.15) is 0 Å². The van der Waals surface area contributed by atoms with E-state index in [-0.39, 0.29) is 17.7 Å². The van der Waals surface area contributed by atoms with Gasteiger partial charge >= 0.3 is 0 Å². The number of carbonyl (C=O) groups excluding carboxylic acids is 2. The van der Waals surface area contributed by atoms with E-state index in [2.05, 4.69) is 15.3 Å². The third kappa shape index (κ3) is 4.39. The largest absolute Gasteiger partial charge is 0.477 e. The van der Waals surface area contributed by atoms with Gasteiger partial charge in [0.2, 0.25) is 17.7 Å². The van der Waals surface area contributed by atoms with Crippen LogP contribution in [0.4, 0.5) is 0 Å². The van der Waals surface area contributed by atoms with Gasteiger partial charge < -0.3 is 15.0 Å². The third-order valence-electron chi connectivity index (χ3n) is 6.19. The molecule has 146 valence electrons. The van der Waals surface area contributed by atoms with E-state index < -0.39 is 0 Å². The number of ether oxygens (including phenoxy) is 1. The lowest BCUT2D eigenvalue weighted by Gasteiger charge is -2.35. The molecule has 1 aromatic rings. The molecular weight excluding hydrogens is 344 g/mol. The Balaban J connectivity index is 1.21. The number of likely N-dealkylation sites (tertiary alicyclic amines) is 1. The third-order valence-corrected chi connectivity index (χ3v) is 6.19. The molecule has 1 N–H and O–H groups in total. The smallest absolute Gasteiger partial charge is 0.227 e. The first-order chi connectivity index (χ1) is 13.2. The highest BCUT2D eigenvalue weighted by atomic mass is 16.5. The van der Waals surface area contributed by atoms with Crippen molar-refractivity contribution in [2.45, 2.75) is 50.9 Å². The van der Waals surface area contributed by atoms with Crippen LogP contribution in [0.25, 0.3) is 0 Å². The highest BCUT2D eigenvalue weighted by molar-refractivity contribution is 5.83. The molecule has 2 saturated heterocycles. The molecule has 0 bridgehead atoms. The Bertz CT molecular complexity index is 674. The fourth-order valence-electron chi connectivity index (χ4n) is 4.08. The van der Waals surface area contributed by atoms with Crippen molar-refractivity contribution in [3.05, 3.63) is 18.1 Å². The van der Waals surface area contributed by atoms with Crippen LogP contribution in [0.5, 0.6) is 5.88 Å². The number of hydrogen-bond acceptors (Lipinski definition) is 5. The Labute approximate surface area is 159 Å². The minimum absolute atomic E-state index is 0.0542. The predicted molar refractivity (Wildman–Crippen MR) is 99.2 cm³/mol. The van der Waals surface area contributed by atoms with Gasteiger partial charge in [0.1, 0.15) is 6.33 Å². The van der Waals surface area contributed by atoms with E-state index in [1.807, 2.05) is 11.0 Å². The van der Waals surface area contributed by atoms with Crippen LogP contribution in [-0.2, 0) is 9.59 Å². The maximum absolute atomic E-state index is 12.6. The molecule has 2 aliphatic heterocycles. The number of piperidine rings is 2. The molecule has 27 heavy (non-hydrogen) atoms. The second-order valence-electron chi connectivity index (χ2n) is 8.03. The van der Waals surface area contributed by atoms with Crippen LogP contribution >= 0.6 is 0 Å². The molecule has 3 heterocycles. The van der Waals surface area contributed by atoms with Crippen molar-refractivity contribution in [2.75, 3.05) is 26.2 Å². The molecule has 3 aliphatic rings. The number of carbonyl (C=O) groups is 2. The molecule has 4 rings (SSSR count). The maximum Gasteiger partial charge on any atom is 0.227 e. The number of nitrogens with zero attached hydrogens (tertiary/aromatic N) is 3. The second kappa shape index (κ2) is 8.23. The number of aromatic nitrogens is 2. The summed E-state index contributed by atoms with van der Waals surface area (Å²) in [5.41, 5.74) is 1.10. The van der Waals surface area contributed by atoms with Gasteiger partial charge in [-0.1, -0.05) is 6.42 Å². The Morgan fingerprint density at radius 2 is 2.00 bits per heavy atom. The summed E-state index contributed by atoms with van der Waals surface area (Å²) >= 11 is 0. The fraction of sp³-hybridized carbons (Fsp3) is 0.700. The van der Waals surface area contributed by atoms with Crippen molar-refractivity contribution in [2.24, 2.45) is 11.8 Å². The van der Waals surface area contributed by atoms with Crippen LogP contribution in [0.2, 0.25) is 0 Å². The summed E-state index contributed by atoms with van der Waals surface area (Å²) in [6, 6.07) is 1.99. The lowest BCUT2D eigenvalue weighted by atomic mass is 9.83. The van der Waals surface area contributed by atoms with Gasteiger partial charge in [0.05, 0.1) is 18.2 Å². The Kier molecular flexibility index (Phi) is 5.55. The molecule has 0 radical (unpaired) electrons. The summed E-state index contributed by atoms with van der Waals surface area (Å²) in [7, 11) is 0. The van der Waals surface area contributed by atoms with Crippen LogP contribution in [0.15, 0.2) is 12.4 Å². The van der Waals surface area contributed by atoms with Crippen molar-refractivity contribution in [1.29, 1.82) is 0 Å². The number of nitrogens with one attached hydrogen (secondary N) is 1. The molecule has 1 unspecified atom stereocenters. The topological polar surface area (TPSA) is 84.4 Å². The first-order valence-corrected chi connectivity index (χ1v) is 10.2. The molecule has 0 spiro atoms. The maximum atomic E-state index is 12.6. The quantitative estimate of drug-likeness (QED) is 0.853. The summed E-state index contributed by atoms with van der Waals surface area (Å²) in [4.78, 5) is 34.4. The van der Waals surface area contributed by atoms with E-state index in [9.17, 15) is 9.59 Å². The predicted octanol–water partition coefficient (Wildman–Crippen LogP) is 1.89. The second-order valence-corrected chi connectivity index (χ2v) is 8.03. The fourth-order valence-corrected chi connectivity index (χ4v) is 4.08. The molecule has 1 aromatic heterocycles. The Hall–Kier alpha value is -2.18. The van der Waals surface area contributed by atoms with E-state index in [1.165, 1.54) is 19.3 Å². The van der Waals surface area contributed by atoms with Crippen LogP contribution in [-0.4, -0.2) is 52.9 Å². The van der Waals surface area contributed by atoms with Crippen molar-refractivity contribution in [3.8, 4) is 5.88 Å². The summed E-state index contributed by atoms with van der Waals surface area (Å²) in [5, 5.41) is 2.80. The van der Waals surface area contributed by atoms with Crippen molar-refractivity contribution >= 4 is 11.8 Å². The first-order valence-electron chi connectivity index (χ1n) is 10.2. The van der Waals surface area contributed by atoms with Gasteiger partial charge in [-0.25, -0.2) is 9.97 Å². The van der Waals surface area contributed by atoms with Gasteiger partial charge in [-0.15, -0.1) is 0 Å². The molecule has 7 heteroatoms. The SMILES string of the molecule is O=C1CCC(C(=O)N2CCC(COc3cc(C4CCC4)ncn3)CC2)CN1. The highest BCUT2D eigenvalue weighted by Crippen LogP contribution is 2.35. The molecule has 7 nitrogen and oxygen atoms in total. The van der Waals surface area contributed by atoms with Gasteiger partial charge in [-0.05, 0) is 38.0 Å². The van der Waals surface area contributed by atoms with Crippen molar-refractivity contribution in [3.63, 3.8) is 0 Å². The standard InChI is InChI=1S/C20H28N4O3/c25-18-5-4-16(11-21-18)20(26)24-8-6-14(7-9-24)12-27-19-10-17(22-13-23-19)15-2-1-3-15/h10,13-16H,1-9,11-12H2,(H,21,25). The average molecular weight is 372 g/mol. The van der Waals surface area contributed by atoms with E-state index >= 15 is 0 Å². The number of rotatable bonds is 5. The van der Waals surface area contributed by atoms with Gasteiger partial charge in [0, 0.05) is 38.0 Å². The van der Waals surface area contributed by atoms with Gasteiger partial charge in [-0.3, -0.25) is 9.59 Å². The van der Waals surface area contributed by atoms with E-state index in [1.54, 1.807) is 6.33 Å². The zero-order chi connectivity index (χ0) is 18.6. The summed E-state index contributed by atoms with van der Waals surface area (Å²) in [5.74, 6) is 1.89. The lowest BCUT2D eigenvalue weighted by Crippen LogP contribution is -2.47. The highest BCUT2D eigenvalue weighted by Gasteiger charge is 2.31. The molecule has 1 aliphatic carbocycles. The van der Waals surface area contributed by atoms with Gasteiger partial charge in [0.15, 0.2) is 0 Å². The molecule has 2 amide bonds. The molecule has 0 aromatic carbocycles. The van der Waals surface area contributed by atoms with Crippen molar-refractivity contribution in [1.82, 2.24) is 20.2 Å². The molecule has 3 fully saturated rings. The zero-order valence-electron chi connectivity index (χ0n) is 15.7. The summed E-state index contributed by atoms with van der Waals surface area (Å²) in [6.07, 6.45) is 8.35. The van der Waals surface area contributed by atoms with Crippen LogP contribution < -0.4 is 10.1 Å². The van der Waals surface area contributed by atoms with Gasteiger partial charge in [0.25, 0.3) is 0 Å². The lowest BCUT2D eigenvalue weighted by molar-refractivity contribution is -0.138. The van der Waals surface area contributed by atoms with Crippen LogP contribution in [0, 0.1) is 11.8 Å². The first kappa shape index (κ1) is 18.2. The van der Waals surface area contributed by atoms with E-state index in [0.717, 1.165) is 31.6 Å². The van der Waals surface area contributed by atoms with Crippen LogP contribution in [0.3, 0.4) is 0 Å². The summed E-state index contributed by atoms with van der Waals surface area (Å²) < 4.78 is 5.93. The van der Waals surface area contributed by atoms with Crippen molar-refractivity contribution < 1.29 is 14.3 Å². The van der Waals surface area contributed by atoms with Crippen LogP contribution in [0.1, 0.15) is 56.6 Å². The monoisotopic (exact) mass is 372 g/mol.